The van der Waals surface area contributed by atoms with Crippen LogP contribution in [-0.4, -0.2) is 67.2 Å². The van der Waals surface area contributed by atoms with E-state index in [0.29, 0.717) is 6.42 Å². The molecule has 0 spiro atoms. The van der Waals surface area contributed by atoms with E-state index in [1.165, 1.54) is 4.90 Å². The van der Waals surface area contributed by atoms with E-state index in [4.69, 9.17) is 9.26 Å². The molecular weight excluding hydrogens is 532 g/mol. The fraction of sp³-hybridized carbons (Fsp3) is 0.591. The Balaban J connectivity index is 1.62. The number of piperidine rings is 1. The van der Waals surface area contributed by atoms with E-state index < -0.39 is 56.7 Å². The number of alkyl halides is 6. The number of amides is 1. The molecule has 1 aromatic heterocycles. The number of ether oxygens (including phenoxy) is 1. The van der Waals surface area contributed by atoms with Crippen molar-refractivity contribution in [3.63, 3.8) is 0 Å². The quantitative estimate of drug-likeness (QED) is 0.496. The lowest BCUT2D eigenvalue weighted by Gasteiger charge is -2.24. The van der Waals surface area contributed by atoms with Crippen LogP contribution in [-0.2, 0) is 20.7 Å². The van der Waals surface area contributed by atoms with Crippen molar-refractivity contribution in [3.8, 4) is 5.75 Å². The van der Waals surface area contributed by atoms with Crippen LogP contribution < -0.4 is 4.74 Å². The molecule has 0 bridgehead atoms. The molecule has 2 heterocycles. The summed E-state index contributed by atoms with van der Waals surface area (Å²) in [5, 5.41) is 3.74. The maximum absolute atomic E-state index is 13.4. The monoisotopic (exact) mass is 555 g/mol. The number of hydrogen-bond donors (Lipinski definition) is 0. The second kappa shape index (κ2) is 8.33. The van der Waals surface area contributed by atoms with Gasteiger partial charge in [0.1, 0.15) is 11.2 Å². The Bertz CT molecular complexity index is 1340. The van der Waals surface area contributed by atoms with E-state index in [2.05, 4.69) is 10.1 Å². The summed E-state index contributed by atoms with van der Waals surface area (Å²) < 4.78 is 113. The number of sulfone groups is 1. The average molecular weight is 555 g/mol. The Hall–Kier alpha value is -2.84. The highest BCUT2D eigenvalue weighted by molar-refractivity contribution is 7.90. The summed E-state index contributed by atoms with van der Waals surface area (Å²) in [7, 11) is -3.81. The number of carbonyl (C=O) groups excluding carboxylic acids is 1. The standard InChI is InChI=1S/C22H23F6N3O5S/c1-11(21(23,24)25)35-15-6-5-13(37(4,33)34)7-14(15)16(32)31-9-12-8-20(12,10-31)17-29-18(36-30-17)19(2,3)22(26,27)28/h5-7,11-12H,8-10H2,1-4H3/t11-,12?,20+/m1/s1. The molecule has 3 atom stereocenters. The first-order valence-electron chi connectivity index (χ1n) is 11.1. The smallest absolute Gasteiger partial charge is 0.425 e. The summed E-state index contributed by atoms with van der Waals surface area (Å²) in [6.07, 6.45) is -10.3. The lowest BCUT2D eigenvalue weighted by Crippen LogP contribution is -2.37. The van der Waals surface area contributed by atoms with E-state index >= 15 is 0 Å². The average Bonchev–Trinajstić information content (AvgIpc) is 3.12. The molecule has 0 N–H and O–H groups in total. The zero-order valence-electron chi connectivity index (χ0n) is 20.1. The number of nitrogens with zero attached hydrogens (tertiary/aromatic N) is 3. The molecular formula is C22H23F6N3O5S. The van der Waals surface area contributed by atoms with Gasteiger partial charge in [0.05, 0.1) is 15.9 Å². The van der Waals surface area contributed by atoms with Crippen LogP contribution in [0.4, 0.5) is 26.3 Å². The van der Waals surface area contributed by atoms with Crippen molar-refractivity contribution >= 4 is 15.7 Å². The SMILES string of the molecule is C[C@@H](Oc1ccc(S(C)(=O)=O)cc1C(=O)N1CC2C[C@]2(c2noc(C(C)(C)C(F)(F)F)n2)C1)C(F)(F)F. The first kappa shape index (κ1) is 27.2. The van der Waals surface area contributed by atoms with Gasteiger partial charge in [-0.25, -0.2) is 8.42 Å². The van der Waals surface area contributed by atoms with Crippen LogP contribution in [0.2, 0.25) is 0 Å². The summed E-state index contributed by atoms with van der Waals surface area (Å²) >= 11 is 0. The largest absolute Gasteiger partial charge is 0.480 e. The van der Waals surface area contributed by atoms with Gasteiger partial charge in [0.2, 0.25) is 5.89 Å². The molecule has 1 unspecified atom stereocenters. The minimum absolute atomic E-state index is 0.00665. The Labute approximate surface area is 207 Å². The molecule has 2 fully saturated rings. The summed E-state index contributed by atoms with van der Waals surface area (Å²) in [5.74, 6) is -2.08. The molecule has 8 nitrogen and oxygen atoms in total. The van der Waals surface area contributed by atoms with E-state index in [1.807, 2.05) is 0 Å². The summed E-state index contributed by atoms with van der Waals surface area (Å²) in [6, 6.07) is 2.98. The predicted octanol–water partition coefficient (Wildman–Crippen LogP) is 4.06. The van der Waals surface area contributed by atoms with E-state index in [0.717, 1.165) is 45.2 Å². The predicted molar refractivity (Wildman–Crippen MR) is 115 cm³/mol. The van der Waals surface area contributed by atoms with E-state index in [1.54, 1.807) is 0 Å². The zero-order chi connectivity index (χ0) is 27.8. The number of benzene rings is 1. The Morgan fingerprint density at radius 2 is 1.86 bits per heavy atom. The van der Waals surface area contributed by atoms with E-state index in [9.17, 15) is 39.6 Å². The van der Waals surface area contributed by atoms with Crippen molar-refractivity contribution < 1.29 is 48.8 Å². The molecule has 37 heavy (non-hydrogen) atoms. The van der Waals surface area contributed by atoms with Gasteiger partial charge in [-0.15, -0.1) is 0 Å². The van der Waals surface area contributed by atoms with Gasteiger partial charge >= 0.3 is 12.4 Å². The second-order valence-corrected chi connectivity index (χ2v) is 12.0. The van der Waals surface area contributed by atoms with Gasteiger partial charge in [0.25, 0.3) is 5.91 Å². The van der Waals surface area contributed by atoms with Crippen molar-refractivity contribution in [2.75, 3.05) is 19.3 Å². The molecule has 1 aliphatic carbocycles. The maximum Gasteiger partial charge on any atom is 0.425 e. The highest BCUT2D eigenvalue weighted by Gasteiger charge is 2.65. The highest BCUT2D eigenvalue weighted by atomic mass is 32.2. The van der Waals surface area contributed by atoms with Crippen molar-refractivity contribution in [1.82, 2.24) is 15.0 Å². The third-order valence-electron chi connectivity index (χ3n) is 6.92. The molecule has 1 saturated heterocycles. The Morgan fingerprint density at radius 1 is 1.22 bits per heavy atom. The fourth-order valence-electron chi connectivity index (χ4n) is 4.22. The van der Waals surface area contributed by atoms with Gasteiger partial charge in [-0.3, -0.25) is 4.79 Å². The molecule has 2 aliphatic rings. The third-order valence-corrected chi connectivity index (χ3v) is 8.03. The molecule has 1 saturated carbocycles. The number of likely N-dealkylation sites (tertiary alicyclic amines) is 1. The Morgan fingerprint density at radius 3 is 2.43 bits per heavy atom. The lowest BCUT2D eigenvalue weighted by atomic mass is 9.92. The van der Waals surface area contributed by atoms with Gasteiger partial charge in [0.15, 0.2) is 21.8 Å². The zero-order valence-corrected chi connectivity index (χ0v) is 20.9. The maximum atomic E-state index is 13.4. The normalized spacial score (nSPS) is 23.1. The number of halogens is 6. The molecule has 1 amide bonds. The fourth-order valence-corrected chi connectivity index (χ4v) is 4.87. The van der Waals surface area contributed by atoms with Crippen LogP contribution in [0.1, 0.15) is 49.3 Å². The molecule has 15 heteroatoms. The second-order valence-electron chi connectivity index (χ2n) is 10.0. The molecule has 2 aromatic rings. The molecule has 1 aliphatic heterocycles. The summed E-state index contributed by atoms with van der Waals surface area (Å²) in [4.78, 5) is 18.3. The summed E-state index contributed by atoms with van der Waals surface area (Å²) in [6.45, 7) is 2.61. The molecule has 4 rings (SSSR count). The van der Waals surface area contributed by atoms with Gasteiger partial charge in [-0.05, 0) is 51.3 Å². The number of rotatable bonds is 6. The van der Waals surface area contributed by atoms with Crippen LogP contribution in [0, 0.1) is 5.92 Å². The number of hydrogen-bond acceptors (Lipinski definition) is 7. The lowest BCUT2D eigenvalue weighted by molar-refractivity contribution is -0.189. The highest BCUT2D eigenvalue weighted by Crippen LogP contribution is 2.58. The van der Waals surface area contributed by atoms with Gasteiger partial charge in [0, 0.05) is 19.3 Å². The van der Waals surface area contributed by atoms with Gasteiger partial charge in [-0.2, -0.15) is 31.3 Å². The molecule has 1 aromatic carbocycles. The van der Waals surface area contributed by atoms with Crippen molar-refractivity contribution in [2.45, 2.75) is 61.4 Å². The first-order valence-corrected chi connectivity index (χ1v) is 12.9. The van der Waals surface area contributed by atoms with Crippen molar-refractivity contribution in [2.24, 2.45) is 5.92 Å². The van der Waals surface area contributed by atoms with Crippen LogP contribution in [0.25, 0.3) is 0 Å². The number of fused-ring (bicyclic) bond motifs is 1. The van der Waals surface area contributed by atoms with E-state index in [-0.39, 0.29) is 35.3 Å². The first-order chi connectivity index (χ1) is 16.8. The van der Waals surface area contributed by atoms with Gasteiger partial charge < -0.3 is 14.2 Å². The number of carbonyl (C=O) groups is 1. The third kappa shape index (κ3) is 4.77. The number of aromatic nitrogens is 2. The van der Waals surface area contributed by atoms with Crippen LogP contribution >= 0.6 is 0 Å². The molecule has 204 valence electrons. The van der Waals surface area contributed by atoms with Gasteiger partial charge in [-0.1, -0.05) is 5.16 Å². The minimum atomic E-state index is -4.74. The van der Waals surface area contributed by atoms with Crippen molar-refractivity contribution in [3.05, 3.63) is 35.5 Å². The molecule has 0 radical (unpaired) electrons. The topological polar surface area (TPSA) is 103 Å². The minimum Gasteiger partial charge on any atom is -0.480 e. The summed E-state index contributed by atoms with van der Waals surface area (Å²) in [5.41, 5.74) is -3.66. The van der Waals surface area contributed by atoms with Crippen LogP contribution in [0.3, 0.4) is 0 Å². The van der Waals surface area contributed by atoms with Crippen LogP contribution in [0.15, 0.2) is 27.6 Å². The van der Waals surface area contributed by atoms with Crippen LogP contribution in [0.5, 0.6) is 5.75 Å². The Kier molecular flexibility index (Phi) is 6.13. The van der Waals surface area contributed by atoms with Crippen molar-refractivity contribution in [1.29, 1.82) is 0 Å².